The van der Waals surface area contributed by atoms with Crippen LogP contribution in [0.5, 0.6) is 5.75 Å². The van der Waals surface area contributed by atoms with Gasteiger partial charge in [0.1, 0.15) is 5.75 Å². The van der Waals surface area contributed by atoms with Crippen molar-refractivity contribution in [3.63, 3.8) is 0 Å². The quantitative estimate of drug-likeness (QED) is 0.763. The molecule has 1 N–H and O–H groups in total. The predicted octanol–water partition coefficient (Wildman–Crippen LogP) is 4.64. The van der Waals surface area contributed by atoms with Gasteiger partial charge < -0.3 is 9.84 Å². The summed E-state index contributed by atoms with van der Waals surface area (Å²) in [6.07, 6.45) is 0.314. The van der Waals surface area contributed by atoms with Gasteiger partial charge in [0.05, 0.1) is 12.7 Å². The fourth-order valence-corrected chi connectivity index (χ4v) is 3.42. The van der Waals surface area contributed by atoms with Gasteiger partial charge in [-0.1, -0.05) is 78.9 Å². The van der Waals surface area contributed by atoms with Gasteiger partial charge in [-0.2, -0.15) is 0 Å². The lowest BCUT2D eigenvalue weighted by molar-refractivity contribution is 0.0512. The van der Waals surface area contributed by atoms with Crippen molar-refractivity contribution in [2.75, 3.05) is 6.61 Å². The normalized spacial score (nSPS) is 19.4. The van der Waals surface area contributed by atoms with E-state index < -0.39 is 6.10 Å². The number of para-hydroxylation sites is 1. The lowest BCUT2D eigenvalue weighted by atomic mass is 9.86. The van der Waals surface area contributed by atoms with E-state index in [9.17, 15) is 5.11 Å². The first-order valence-corrected chi connectivity index (χ1v) is 8.36. The first-order valence-electron chi connectivity index (χ1n) is 8.36. The highest BCUT2D eigenvalue weighted by Gasteiger charge is 2.31. The van der Waals surface area contributed by atoms with Gasteiger partial charge in [0.15, 0.2) is 0 Å². The smallest absolute Gasteiger partial charge is 0.132 e. The van der Waals surface area contributed by atoms with Crippen molar-refractivity contribution >= 4 is 0 Å². The molecule has 0 spiro atoms. The molecule has 3 aromatic carbocycles. The molecule has 1 aliphatic heterocycles. The summed E-state index contributed by atoms with van der Waals surface area (Å²) in [5.74, 6) is 0.895. The summed E-state index contributed by atoms with van der Waals surface area (Å²) in [5.41, 5.74) is 4.28. The van der Waals surface area contributed by atoms with E-state index in [1.807, 2.05) is 48.5 Å². The Bertz CT molecular complexity index is 812. The van der Waals surface area contributed by atoms with Gasteiger partial charge in [-0.05, 0) is 17.5 Å². The Morgan fingerprint density at radius 1 is 0.833 bits per heavy atom. The zero-order valence-electron chi connectivity index (χ0n) is 13.4. The molecule has 0 bridgehead atoms. The molecule has 2 atom stereocenters. The van der Waals surface area contributed by atoms with Crippen LogP contribution >= 0.6 is 0 Å². The highest BCUT2D eigenvalue weighted by atomic mass is 16.5. The van der Waals surface area contributed by atoms with Crippen LogP contribution in [0.3, 0.4) is 0 Å². The number of aliphatic hydroxyl groups is 1. The van der Waals surface area contributed by atoms with Gasteiger partial charge in [-0.3, -0.25) is 0 Å². The van der Waals surface area contributed by atoms with E-state index in [1.165, 1.54) is 5.56 Å². The maximum atomic E-state index is 10.9. The standard InChI is InChI=1S/C22H20O2/c23-21-18(14-16-8-3-1-4-9-16)15-24-22-19(12-7-13-20(21)22)17-10-5-2-6-11-17/h1-13,18,21,23H,14-15H2. The average molecular weight is 316 g/mol. The summed E-state index contributed by atoms with van der Waals surface area (Å²) >= 11 is 0. The molecule has 2 heteroatoms. The van der Waals surface area contributed by atoms with Crippen LogP contribution in [-0.4, -0.2) is 11.7 Å². The second-order valence-corrected chi connectivity index (χ2v) is 6.30. The second-order valence-electron chi connectivity index (χ2n) is 6.30. The third kappa shape index (κ3) is 2.81. The Morgan fingerprint density at radius 3 is 2.29 bits per heavy atom. The van der Waals surface area contributed by atoms with E-state index in [0.29, 0.717) is 6.61 Å². The van der Waals surface area contributed by atoms with Crippen molar-refractivity contribution in [2.45, 2.75) is 12.5 Å². The molecule has 0 aliphatic carbocycles. The van der Waals surface area contributed by atoms with E-state index in [-0.39, 0.29) is 5.92 Å². The van der Waals surface area contributed by atoms with Crippen LogP contribution in [0, 0.1) is 5.92 Å². The minimum atomic E-state index is -0.502. The van der Waals surface area contributed by atoms with Crippen LogP contribution in [0.2, 0.25) is 0 Å². The molecule has 4 rings (SSSR count). The minimum absolute atomic E-state index is 0.0749. The second kappa shape index (κ2) is 6.50. The maximum Gasteiger partial charge on any atom is 0.132 e. The zero-order valence-corrected chi connectivity index (χ0v) is 13.4. The fourth-order valence-electron chi connectivity index (χ4n) is 3.42. The summed E-state index contributed by atoms with van der Waals surface area (Å²) in [6.45, 7) is 0.535. The minimum Gasteiger partial charge on any atom is -0.492 e. The van der Waals surface area contributed by atoms with Gasteiger partial charge in [0.25, 0.3) is 0 Å². The fraction of sp³-hybridized carbons (Fsp3) is 0.182. The Balaban J connectivity index is 1.65. The summed E-state index contributed by atoms with van der Waals surface area (Å²) in [7, 11) is 0. The number of ether oxygens (including phenoxy) is 1. The summed E-state index contributed by atoms with van der Waals surface area (Å²) in [5, 5.41) is 10.9. The number of benzene rings is 3. The van der Waals surface area contributed by atoms with Crippen molar-refractivity contribution < 1.29 is 9.84 Å². The van der Waals surface area contributed by atoms with Crippen molar-refractivity contribution in [1.82, 2.24) is 0 Å². The van der Waals surface area contributed by atoms with E-state index in [1.54, 1.807) is 0 Å². The molecule has 0 aromatic heterocycles. The predicted molar refractivity (Wildman–Crippen MR) is 96.0 cm³/mol. The molecular formula is C22H20O2. The Morgan fingerprint density at radius 2 is 1.54 bits per heavy atom. The number of aliphatic hydroxyl groups excluding tert-OH is 1. The lowest BCUT2D eigenvalue weighted by Gasteiger charge is -2.31. The molecule has 2 nitrogen and oxygen atoms in total. The van der Waals surface area contributed by atoms with Crippen LogP contribution in [0.25, 0.3) is 11.1 Å². The SMILES string of the molecule is OC1c2cccc(-c3ccccc3)c2OCC1Cc1ccccc1. The molecular weight excluding hydrogens is 296 g/mol. The number of hydrogen-bond acceptors (Lipinski definition) is 2. The molecule has 120 valence electrons. The van der Waals surface area contributed by atoms with E-state index in [2.05, 4.69) is 30.3 Å². The molecule has 0 fully saturated rings. The van der Waals surface area contributed by atoms with Crippen LogP contribution in [-0.2, 0) is 6.42 Å². The van der Waals surface area contributed by atoms with Gasteiger partial charge in [0.2, 0.25) is 0 Å². The van der Waals surface area contributed by atoms with E-state index in [0.717, 1.165) is 28.9 Å². The van der Waals surface area contributed by atoms with Crippen molar-refractivity contribution in [2.24, 2.45) is 5.92 Å². The van der Waals surface area contributed by atoms with Crippen molar-refractivity contribution in [3.05, 3.63) is 90.0 Å². The van der Waals surface area contributed by atoms with E-state index >= 15 is 0 Å². The van der Waals surface area contributed by atoms with E-state index in [4.69, 9.17) is 4.74 Å². The van der Waals surface area contributed by atoms with Crippen LogP contribution in [0.1, 0.15) is 17.2 Å². The molecule has 0 amide bonds. The van der Waals surface area contributed by atoms with Gasteiger partial charge in [-0.25, -0.2) is 0 Å². The molecule has 0 saturated heterocycles. The highest BCUT2D eigenvalue weighted by Crippen LogP contribution is 2.42. The molecule has 1 heterocycles. The maximum absolute atomic E-state index is 10.9. The molecule has 2 unspecified atom stereocenters. The monoisotopic (exact) mass is 316 g/mol. The molecule has 0 radical (unpaired) electrons. The number of fused-ring (bicyclic) bond motifs is 1. The number of hydrogen-bond donors (Lipinski definition) is 1. The topological polar surface area (TPSA) is 29.5 Å². The molecule has 24 heavy (non-hydrogen) atoms. The highest BCUT2D eigenvalue weighted by molar-refractivity contribution is 5.72. The third-order valence-corrected chi connectivity index (χ3v) is 4.68. The molecule has 1 aliphatic rings. The first-order chi connectivity index (χ1) is 11.8. The molecule has 3 aromatic rings. The van der Waals surface area contributed by atoms with Gasteiger partial charge in [0, 0.05) is 17.0 Å². The zero-order chi connectivity index (χ0) is 16.4. The largest absolute Gasteiger partial charge is 0.492 e. The molecule has 0 saturated carbocycles. The van der Waals surface area contributed by atoms with Crippen molar-refractivity contribution in [3.8, 4) is 16.9 Å². The third-order valence-electron chi connectivity index (χ3n) is 4.68. The van der Waals surface area contributed by atoms with Crippen LogP contribution < -0.4 is 4.74 Å². The lowest BCUT2D eigenvalue weighted by Crippen LogP contribution is -2.28. The van der Waals surface area contributed by atoms with Crippen LogP contribution in [0.15, 0.2) is 78.9 Å². The van der Waals surface area contributed by atoms with Gasteiger partial charge in [-0.15, -0.1) is 0 Å². The number of rotatable bonds is 3. The Labute approximate surface area is 142 Å². The van der Waals surface area contributed by atoms with Gasteiger partial charge >= 0.3 is 0 Å². The summed E-state index contributed by atoms with van der Waals surface area (Å²) in [4.78, 5) is 0. The van der Waals surface area contributed by atoms with Crippen molar-refractivity contribution in [1.29, 1.82) is 0 Å². The Hall–Kier alpha value is -2.58. The first kappa shape index (κ1) is 15.0. The average Bonchev–Trinajstić information content (AvgIpc) is 2.65. The Kier molecular flexibility index (Phi) is 4.06. The summed E-state index contributed by atoms with van der Waals surface area (Å²) < 4.78 is 6.10. The summed E-state index contributed by atoms with van der Waals surface area (Å²) in [6, 6.07) is 26.5. The van der Waals surface area contributed by atoms with Crippen LogP contribution in [0.4, 0.5) is 0 Å².